The molecule has 1 aliphatic carbocycles. The monoisotopic (exact) mass is 350 g/mol. The van der Waals surface area contributed by atoms with Crippen LogP contribution in [0.2, 0.25) is 0 Å². The Labute approximate surface area is 146 Å². The highest BCUT2D eigenvalue weighted by molar-refractivity contribution is 8.00. The van der Waals surface area contributed by atoms with Crippen LogP contribution in [-0.4, -0.2) is 46.5 Å². The second kappa shape index (κ2) is 7.13. The van der Waals surface area contributed by atoms with E-state index in [4.69, 9.17) is 0 Å². The minimum atomic E-state index is -0.302. The molecule has 1 heterocycles. The lowest BCUT2D eigenvalue weighted by Gasteiger charge is -2.31. The maximum atomic E-state index is 14.1. The fourth-order valence-electron chi connectivity index (χ4n) is 3.03. The third kappa shape index (κ3) is 3.58. The Morgan fingerprint density at radius 3 is 2.71 bits per heavy atom. The average Bonchev–Trinajstić information content (AvgIpc) is 3.33. The summed E-state index contributed by atoms with van der Waals surface area (Å²) in [5, 5.41) is -0.302. The molecule has 1 saturated heterocycles. The third-order valence-corrected chi connectivity index (χ3v) is 5.79. The second-order valence-electron chi connectivity index (χ2n) is 6.67. The summed E-state index contributed by atoms with van der Waals surface area (Å²) in [7, 11) is 0. The fraction of sp³-hybridized carbons (Fsp3) is 0.556. The van der Waals surface area contributed by atoms with Crippen LogP contribution in [0.15, 0.2) is 24.3 Å². The Balaban J connectivity index is 1.70. The number of carbonyl (C=O) groups excluding carboxylic acids is 2. The van der Waals surface area contributed by atoms with Gasteiger partial charge in [0.15, 0.2) is 0 Å². The predicted octanol–water partition coefficient (Wildman–Crippen LogP) is 3.05. The van der Waals surface area contributed by atoms with E-state index in [1.807, 2.05) is 18.7 Å². The van der Waals surface area contributed by atoms with Gasteiger partial charge in [-0.3, -0.25) is 9.59 Å². The topological polar surface area (TPSA) is 40.6 Å². The van der Waals surface area contributed by atoms with E-state index in [0.29, 0.717) is 24.4 Å². The largest absolute Gasteiger partial charge is 0.338 e. The van der Waals surface area contributed by atoms with Gasteiger partial charge < -0.3 is 9.80 Å². The van der Waals surface area contributed by atoms with Crippen molar-refractivity contribution in [1.29, 1.82) is 0 Å². The summed E-state index contributed by atoms with van der Waals surface area (Å²) < 4.78 is 14.1. The first kappa shape index (κ1) is 17.3. The van der Waals surface area contributed by atoms with Crippen LogP contribution in [-0.2, 0) is 9.59 Å². The van der Waals surface area contributed by atoms with Gasteiger partial charge in [-0.15, -0.1) is 11.8 Å². The quantitative estimate of drug-likeness (QED) is 0.792. The summed E-state index contributed by atoms with van der Waals surface area (Å²) in [5.41, 5.74) is 0.540. The lowest BCUT2D eigenvalue weighted by molar-refractivity contribution is -0.136. The van der Waals surface area contributed by atoms with Crippen LogP contribution in [0.5, 0.6) is 0 Å². The number of carbonyl (C=O) groups is 2. The molecule has 1 atom stereocenters. The molecule has 24 heavy (non-hydrogen) atoms. The zero-order valence-corrected chi connectivity index (χ0v) is 14.9. The molecule has 0 aromatic heterocycles. The van der Waals surface area contributed by atoms with E-state index in [2.05, 4.69) is 0 Å². The molecule has 1 aromatic rings. The van der Waals surface area contributed by atoms with E-state index in [1.54, 1.807) is 23.1 Å². The summed E-state index contributed by atoms with van der Waals surface area (Å²) >= 11 is 1.45. The van der Waals surface area contributed by atoms with Gasteiger partial charge >= 0.3 is 0 Å². The Kier molecular flexibility index (Phi) is 5.13. The predicted molar refractivity (Wildman–Crippen MR) is 92.9 cm³/mol. The zero-order chi connectivity index (χ0) is 17.3. The lowest BCUT2D eigenvalue weighted by atomic mass is 10.2. The van der Waals surface area contributed by atoms with Crippen LogP contribution in [0.3, 0.4) is 0 Å². The smallest absolute Gasteiger partial charge is 0.233 e. The molecule has 4 nitrogen and oxygen atoms in total. The summed E-state index contributed by atoms with van der Waals surface area (Å²) in [5.74, 6) is 0.433. The van der Waals surface area contributed by atoms with Crippen molar-refractivity contribution in [3.63, 3.8) is 0 Å². The molecule has 0 spiro atoms. The van der Waals surface area contributed by atoms with Crippen molar-refractivity contribution in [3.8, 4) is 0 Å². The molecule has 130 valence electrons. The molecule has 1 unspecified atom stereocenters. The highest BCUT2D eigenvalue weighted by Crippen LogP contribution is 2.39. The van der Waals surface area contributed by atoms with Gasteiger partial charge in [0.2, 0.25) is 11.8 Å². The maximum absolute atomic E-state index is 14.1. The van der Waals surface area contributed by atoms with Gasteiger partial charge in [0.1, 0.15) is 11.2 Å². The third-order valence-electron chi connectivity index (χ3n) is 4.55. The molecule has 2 aliphatic rings. The van der Waals surface area contributed by atoms with Gasteiger partial charge in [0.25, 0.3) is 0 Å². The van der Waals surface area contributed by atoms with Gasteiger partial charge in [0.05, 0.1) is 5.75 Å². The van der Waals surface area contributed by atoms with E-state index in [9.17, 15) is 14.0 Å². The van der Waals surface area contributed by atoms with Crippen LogP contribution in [0, 0.1) is 11.7 Å². The second-order valence-corrected chi connectivity index (χ2v) is 7.74. The van der Waals surface area contributed by atoms with Crippen LogP contribution >= 0.6 is 11.8 Å². The Hall–Kier alpha value is -1.56. The number of hydrogen-bond acceptors (Lipinski definition) is 3. The molecule has 0 bridgehead atoms. The number of benzene rings is 1. The van der Waals surface area contributed by atoms with E-state index < -0.39 is 0 Å². The fourth-order valence-corrected chi connectivity index (χ4v) is 4.27. The van der Waals surface area contributed by atoms with Crippen LogP contribution in [0.1, 0.15) is 37.6 Å². The van der Waals surface area contributed by atoms with Gasteiger partial charge in [-0.25, -0.2) is 4.39 Å². The van der Waals surface area contributed by atoms with Crippen LogP contribution < -0.4 is 0 Å². The first-order chi connectivity index (χ1) is 11.5. The molecule has 2 amide bonds. The van der Waals surface area contributed by atoms with Crippen molar-refractivity contribution >= 4 is 23.6 Å². The van der Waals surface area contributed by atoms with E-state index in [1.165, 1.54) is 17.8 Å². The highest BCUT2D eigenvalue weighted by atomic mass is 32.2. The molecule has 0 N–H and O–H groups in total. The van der Waals surface area contributed by atoms with Crippen LogP contribution in [0.25, 0.3) is 0 Å². The number of thioether (sulfide) groups is 1. The number of amides is 2. The van der Waals surface area contributed by atoms with Gasteiger partial charge in [0, 0.05) is 30.6 Å². The zero-order valence-electron chi connectivity index (χ0n) is 14.1. The van der Waals surface area contributed by atoms with E-state index in [-0.39, 0.29) is 35.0 Å². The number of nitrogens with zero attached hydrogens (tertiary/aromatic N) is 2. The van der Waals surface area contributed by atoms with Crippen molar-refractivity contribution < 1.29 is 14.0 Å². The summed E-state index contributed by atoms with van der Waals surface area (Å²) in [6.45, 7) is 4.94. The molecule has 6 heteroatoms. The van der Waals surface area contributed by atoms with Crippen molar-refractivity contribution in [2.24, 2.45) is 5.92 Å². The number of halogens is 1. The van der Waals surface area contributed by atoms with Crippen molar-refractivity contribution in [2.45, 2.75) is 38.1 Å². The Morgan fingerprint density at radius 2 is 2.08 bits per heavy atom. The molecule has 1 aromatic carbocycles. The molecule has 3 rings (SSSR count). The normalized spacial score (nSPS) is 20.8. The van der Waals surface area contributed by atoms with Crippen molar-refractivity contribution in [2.75, 3.05) is 18.8 Å². The molecular weight excluding hydrogens is 327 g/mol. The van der Waals surface area contributed by atoms with E-state index >= 15 is 0 Å². The molecule has 0 radical (unpaired) electrons. The standard InChI is InChI=1S/C18H23FN2O2S/c1-12(2)20(17(23)13-7-8-13)9-10-21-16(22)11-24-18(21)14-5-3-4-6-15(14)19/h3-6,12-13,18H,7-11H2,1-2H3. The lowest BCUT2D eigenvalue weighted by Crippen LogP contribution is -2.44. The molecule has 1 aliphatic heterocycles. The summed E-state index contributed by atoms with van der Waals surface area (Å²) in [4.78, 5) is 28.2. The van der Waals surface area contributed by atoms with Crippen LogP contribution in [0.4, 0.5) is 4.39 Å². The summed E-state index contributed by atoms with van der Waals surface area (Å²) in [6.07, 6.45) is 1.94. The molecule has 1 saturated carbocycles. The van der Waals surface area contributed by atoms with Crippen molar-refractivity contribution in [3.05, 3.63) is 35.6 Å². The van der Waals surface area contributed by atoms with Gasteiger partial charge in [-0.05, 0) is 32.8 Å². The molecule has 2 fully saturated rings. The highest BCUT2D eigenvalue weighted by Gasteiger charge is 2.37. The Bertz CT molecular complexity index is 633. The number of hydrogen-bond donors (Lipinski definition) is 0. The van der Waals surface area contributed by atoms with Gasteiger partial charge in [-0.2, -0.15) is 0 Å². The van der Waals surface area contributed by atoms with E-state index in [0.717, 1.165) is 12.8 Å². The van der Waals surface area contributed by atoms with Crippen molar-refractivity contribution in [1.82, 2.24) is 9.80 Å². The Morgan fingerprint density at radius 1 is 1.38 bits per heavy atom. The van der Waals surface area contributed by atoms with Gasteiger partial charge in [-0.1, -0.05) is 18.2 Å². The first-order valence-electron chi connectivity index (χ1n) is 8.45. The maximum Gasteiger partial charge on any atom is 0.233 e. The minimum absolute atomic E-state index is 0.0100. The molecular formula is C18H23FN2O2S. The SMILES string of the molecule is CC(C)N(CCN1C(=O)CSC1c1ccccc1F)C(=O)C1CC1. The first-order valence-corrected chi connectivity index (χ1v) is 9.50. The summed E-state index contributed by atoms with van der Waals surface area (Å²) in [6, 6.07) is 6.70. The number of rotatable bonds is 6. The minimum Gasteiger partial charge on any atom is -0.338 e. The average molecular weight is 350 g/mol.